The molecule has 0 unspecified atom stereocenters. The zero-order chi connectivity index (χ0) is 21.1. The van der Waals surface area contributed by atoms with Crippen molar-refractivity contribution >= 4 is 17.6 Å². The van der Waals surface area contributed by atoms with Gasteiger partial charge in [-0.05, 0) is 29.8 Å². The van der Waals surface area contributed by atoms with Crippen molar-refractivity contribution in [3.05, 3.63) is 66.0 Å². The van der Waals surface area contributed by atoms with Gasteiger partial charge in [0.05, 0.1) is 11.8 Å². The van der Waals surface area contributed by atoms with E-state index in [0.29, 0.717) is 45.8 Å². The highest BCUT2D eigenvalue weighted by atomic mass is 19.1. The molecule has 2 aliphatic rings. The minimum atomic E-state index is -0.908. The van der Waals surface area contributed by atoms with E-state index in [9.17, 15) is 19.1 Å². The summed E-state index contributed by atoms with van der Waals surface area (Å²) < 4.78 is 13.1. The van der Waals surface area contributed by atoms with Crippen LogP contribution >= 0.6 is 0 Å². The maximum absolute atomic E-state index is 13.2. The Kier molecular flexibility index (Phi) is 5.99. The Bertz CT molecular complexity index is 882. The maximum atomic E-state index is 13.2. The molecule has 2 aliphatic heterocycles. The van der Waals surface area contributed by atoms with E-state index < -0.39 is 17.8 Å². The Hall–Kier alpha value is -2.93. The third-order valence-corrected chi connectivity index (χ3v) is 6.06. The number of hydrogen-bond acceptors (Lipinski definition) is 4. The summed E-state index contributed by atoms with van der Waals surface area (Å²) in [6, 6.07) is 16.3. The molecule has 2 aromatic carbocycles. The second kappa shape index (κ2) is 8.83. The topological polar surface area (TPSA) is 64.1 Å². The number of amides is 1. The number of carboxylic acid groups (broad SMARTS) is 1. The maximum Gasteiger partial charge on any atom is 0.308 e. The first kappa shape index (κ1) is 20.3. The summed E-state index contributed by atoms with van der Waals surface area (Å²) in [6.07, 6.45) is 0. The van der Waals surface area contributed by atoms with E-state index in [0.717, 1.165) is 11.3 Å². The molecule has 0 saturated carbocycles. The number of nitrogens with zero attached hydrogens (tertiary/aromatic N) is 3. The normalized spacial score (nSPS) is 22.3. The number of hydrogen-bond donors (Lipinski definition) is 1. The third-order valence-electron chi connectivity index (χ3n) is 6.06. The molecule has 2 atom stereocenters. The third kappa shape index (κ3) is 4.46. The van der Waals surface area contributed by atoms with Gasteiger partial charge in [0.15, 0.2) is 0 Å². The zero-order valence-electron chi connectivity index (χ0n) is 16.8. The Balaban J connectivity index is 1.38. The predicted octanol–water partition coefficient (Wildman–Crippen LogP) is 2.31. The van der Waals surface area contributed by atoms with Crippen LogP contribution in [0.15, 0.2) is 54.6 Å². The van der Waals surface area contributed by atoms with E-state index in [1.807, 2.05) is 30.3 Å². The first-order valence-electron chi connectivity index (χ1n) is 10.3. The summed E-state index contributed by atoms with van der Waals surface area (Å²) in [4.78, 5) is 31.0. The van der Waals surface area contributed by atoms with Crippen LogP contribution < -0.4 is 4.90 Å². The van der Waals surface area contributed by atoms with Crippen molar-refractivity contribution in [1.29, 1.82) is 0 Å². The fourth-order valence-electron chi connectivity index (χ4n) is 4.43. The van der Waals surface area contributed by atoms with Crippen LogP contribution in [0.5, 0.6) is 0 Å². The van der Waals surface area contributed by atoms with Gasteiger partial charge in [-0.25, -0.2) is 4.39 Å². The van der Waals surface area contributed by atoms with Crippen molar-refractivity contribution in [2.75, 3.05) is 44.2 Å². The number of carboxylic acids is 1. The van der Waals surface area contributed by atoms with Crippen molar-refractivity contribution in [2.45, 2.75) is 6.54 Å². The van der Waals surface area contributed by atoms with Gasteiger partial charge in [-0.2, -0.15) is 0 Å². The number of likely N-dealkylation sites (tertiary alicyclic amines) is 1. The quantitative estimate of drug-likeness (QED) is 0.818. The van der Waals surface area contributed by atoms with Gasteiger partial charge in [0.2, 0.25) is 5.91 Å². The molecule has 2 heterocycles. The molecule has 2 saturated heterocycles. The molecule has 2 aromatic rings. The average molecular weight is 411 g/mol. The largest absolute Gasteiger partial charge is 0.481 e. The van der Waals surface area contributed by atoms with Gasteiger partial charge >= 0.3 is 5.97 Å². The molecule has 0 bridgehead atoms. The lowest BCUT2D eigenvalue weighted by molar-refractivity contribution is -0.148. The number of anilines is 1. The molecule has 4 rings (SSSR count). The van der Waals surface area contributed by atoms with Crippen molar-refractivity contribution in [3.63, 3.8) is 0 Å². The number of piperazine rings is 1. The SMILES string of the molecule is O=C(O)[C@@H]1CN(Cc2ccccc2)C[C@@H]1C(=O)N1CCN(c2ccc(F)cc2)CC1. The van der Waals surface area contributed by atoms with Crippen molar-refractivity contribution < 1.29 is 19.1 Å². The predicted molar refractivity (Wildman–Crippen MR) is 112 cm³/mol. The van der Waals surface area contributed by atoms with Crippen LogP contribution in [0.4, 0.5) is 10.1 Å². The highest BCUT2D eigenvalue weighted by Crippen LogP contribution is 2.28. The van der Waals surface area contributed by atoms with Crippen LogP contribution in [0.1, 0.15) is 5.56 Å². The van der Waals surface area contributed by atoms with E-state index in [1.165, 1.54) is 12.1 Å². The fraction of sp³-hybridized carbons (Fsp3) is 0.391. The first-order valence-corrected chi connectivity index (χ1v) is 10.3. The van der Waals surface area contributed by atoms with Gasteiger partial charge < -0.3 is 14.9 Å². The molecule has 1 N–H and O–H groups in total. The number of halogens is 1. The number of carbonyl (C=O) groups excluding carboxylic acids is 1. The summed E-state index contributed by atoms with van der Waals surface area (Å²) >= 11 is 0. The standard InChI is InChI=1S/C23H26FN3O3/c24-18-6-8-19(9-7-18)26-10-12-27(13-11-26)22(28)20-15-25(16-21(20)23(29)30)14-17-4-2-1-3-5-17/h1-9,20-21H,10-16H2,(H,29,30)/t20-,21+/m0/s1. The Morgan fingerprint density at radius 1 is 0.900 bits per heavy atom. The minimum absolute atomic E-state index is 0.0725. The monoisotopic (exact) mass is 411 g/mol. The number of carbonyl (C=O) groups is 2. The van der Waals surface area contributed by atoms with Crippen LogP contribution in [0.3, 0.4) is 0 Å². The number of rotatable bonds is 5. The minimum Gasteiger partial charge on any atom is -0.481 e. The smallest absolute Gasteiger partial charge is 0.308 e. The lowest BCUT2D eigenvalue weighted by Gasteiger charge is -2.37. The second-order valence-electron chi connectivity index (χ2n) is 8.02. The molecule has 0 radical (unpaired) electrons. The summed E-state index contributed by atoms with van der Waals surface area (Å²) in [6.45, 7) is 3.87. The van der Waals surface area contributed by atoms with Crippen molar-refractivity contribution in [1.82, 2.24) is 9.80 Å². The fourth-order valence-corrected chi connectivity index (χ4v) is 4.43. The van der Waals surface area contributed by atoms with Crippen LogP contribution in [0.2, 0.25) is 0 Å². The van der Waals surface area contributed by atoms with Gasteiger partial charge in [0, 0.05) is 51.5 Å². The van der Waals surface area contributed by atoms with Crippen LogP contribution in [0, 0.1) is 17.7 Å². The van der Waals surface area contributed by atoms with E-state index >= 15 is 0 Å². The van der Waals surface area contributed by atoms with Crippen LogP contribution in [-0.4, -0.2) is 66.1 Å². The molecular weight excluding hydrogens is 385 g/mol. The lowest BCUT2D eigenvalue weighted by atomic mass is 9.94. The van der Waals surface area contributed by atoms with Crippen molar-refractivity contribution in [3.8, 4) is 0 Å². The molecule has 0 spiro atoms. The number of aliphatic carboxylic acids is 1. The molecule has 7 heteroatoms. The van der Waals surface area contributed by atoms with Crippen molar-refractivity contribution in [2.24, 2.45) is 11.8 Å². The molecule has 1 amide bonds. The summed E-state index contributed by atoms with van der Waals surface area (Å²) in [5.41, 5.74) is 2.05. The summed E-state index contributed by atoms with van der Waals surface area (Å²) in [5.74, 6) is -2.46. The molecule has 6 nitrogen and oxygen atoms in total. The lowest BCUT2D eigenvalue weighted by Crippen LogP contribution is -2.51. The molecule has 0 aliphatic carbocycles. The number of benzene rings is 2. The van der Waals surface area contributed by atoms with Gasteiger partial charge in [-0.15, -0.1) is 0 Å². The Labute approximate surface area is 175 Å². The van der Waals surface area contributed by atoms with Gasteiger partial charge in [0.1, 0.15) is 5.82 Å². The molecule has 158 valence electrons. The highest BCUT2D eigenvalue weighted by Gasteiger charge is 2.43. The average Bonchev–Trinajstić information content (AvgIpc) is 3.19. The zero-order valence-corrected chi connectivity index (χ0v) is 16.8. The van der Waals surface area contributed by atoms with Gasteiger partial charge in [0.25, 0.3) is 0 Å². The molecule has 30 heavy (non-hydrogen) atoms. The molecule has 0 aromatic heterocycles. The molecular formula is C23H26FN3O3. The van der Waals surface area contributed by atoms with E-state index in [-0.39, 0.29) is 11.7 Å². The highest BCUT2D eigenvalue weighted by molar-refractivity contribution is 5.86. The van der Waals surface area contributed by atoms with Gasteiger partial charge in [-0.3, -0.25) is 14.5 Å². The van der Waals surface area contributed by atoms with Crippen LogP contribution in [0.25, 0.3) is 0 Å². The Morgan fingerprint density at radius 2 is 1.53 bits per heavy atom. The van der Waals surface area contributed by atoms with E-state index in [2.05, 4.69) is 9.80 Å². The molecule has 2 fully saturated rings. The Morgan fingerprint density at radius 3 is 2.17 bits per heavy atom. The van der Waals surface area contributed by atoms with E-state index in [4.69, 9.17) is 0 Å². The van der Waals surface area contributed by atoms with E-state index in [1.54, 1.807) is 17.0 Å². The summed E-state index contributed by atoms with van der Waals surface area (Å²) in [5, 5.41) is 9.69. The van der Waals surface area contributed by atoms with Gasteiger partial charge in [-0.1, -0.05) is 30.3 Å². The second-order valence-corrected chi connectivity index (χ2v) is 8.02. The van der Waals surface area contributed by atoms with Crippen LogP contribution in [-0.2, 0) is 16.1 Å². The summed E-state index contributed by atoms with van der Waals surface area (Å²) in [7, 11) is 0. The first-order chi connectivity index (χ1) is 14.5.